The molecule has 3 nitrogen and oxygen atoms in total. The predicted octanol–water partition coefficient (Wildman–Crippen LogP) is 4.34. The van der Waals surface area contributed by atoms with Crippen molar-refractivity contribution in [2.75, 3.05) is 19.0 Å². The van der Waals surface area contributed by atoms with E-state index in [4.69, 9.17) is 9.47 Å². The first-order valence-corrected chi connectivity index (χ1v) is 7.27. The van der Waals surface area contributed by atoms with Crippen LogP contribution in [0.4, 0.5) is 5.69 Å². The van der Waals surface area contributed by atoms with E-state index in [9.17, 15) is 0 Å². The molecule has 0 saturated heterocycles. The van der Waals surface area contributed by atoms with Crippen molar-refractivity contribution in [2.45, 2.75) is 20.4 Å². The van der Waals surface area contributed by atoms with Crippen LogP contribution in [0.15, 0.2) is 48.5 Å². The summed E-state index contributed by atoms with van der Waals surface area (Å²) < 4.78 is 10.8. The number of ether oxygens (including phenoxy) is 2. The Labute approximate surface area is 126 Å². The molecule has 0 fully saturated rings. The monoisotopic (exact) mass is 285 g/mol. The van der Waals surface area contributed by atoms with E-state index in [1.165, 1.54) is 5.56 Å². The molecule has 2 aromatic rings. The van der Waals surface area contributed by atoms with Crippen LogP contribution in [0.5, 0.6) is 11.5 Å². The van der Waals surface area contributed by atoms with Gasteiger partial charge in [-0.05, 0) is 47.9 Å². The van der Waals surface area contributed by atoms with Crippen molar-refractivity contribution in [3.63, 3.8) is 0 Å². The van der Waals surface area contributed by atoms with Crippen molar-refractivity contribution in [3.8, 4) is 11.5 Å². The molecule has 3 heteroatoms. The molecule has 0 radical (unpaired) electrons. The fraction of sp³-hybridized carbons (Fsp3) is 0.333. The van der Waals surface area contributed by atoms with Gasteiger partial charge in [0.05, 0.1) is 13.7 Å². The minimum absolute atomic E-state index is 0.543. The smallest absolute Gasteiger partial charge is 0.119 e. The highest BCUT2D eigenvalue weighted by molar-refractivity contribution is 5.46. The third kappa shape index (κ3) is 5.03. The summed E-state index contributed by atoms with van der Waals surface area (Å²) >= 11 is 0. The molecule has 0 aliphatic rings. The SMILES string of the molecule is COc1ccc(NCc2ccc(OCC(C)C)cc2)cc1. The maximum Gasteiger partial charge on any atom is 0.119 e. The maximum atomic E-state index is 5.68. The average molecular weight is 285 g/mol. The van der Waals surface area contributed by atoms with Crippen LogP contribution in [0, 0.1) is 5.92 Å². The summed E-state index contributed by atoms with van der Waals surface area (Å²) in [6, 6.07) is 16.1. The number of nitrogens with one attached hydrogen (secondary N) is 1. The quantitative estimate of drug-likeness (QED) is 0.820. The Kier molecular flexibility index (Phi) is 5.50. The lowest BCUT2D eigenvalue weighted by Gasteiger charge is -2.10. The summed E-state index contributed by atoms with van der Waals surface area (Å²) in [5.41, 5.74) is 2.30. The number of methoxy groups -OCH3 is 1. The molecule has 112 valence electrons. The Morgan fingerprint density at radius 2 is 1.52 bits per heavy atom. The number of hydrogen-bond acceptors (Lipinski definition) is 3. The zero-order chi connectivity index (χ0) is 15.1. The second kappa shape index (κ2) is 7.58. The largest absolute Gasteiger partial charge is 0.497 e. The second-order valence-corrected chi connectivity index (χ2v) is 5.43. The number of hydrogen-bond donors (Lipinski definition) is 1. The molecule has 0 heterocycles. The van der Waals surface area contributed by atoms with Crippen LogP contribution < -0.4 is 14.8 Å². The zero-order valence-electron chi connectivity index (χ0n) is 12.9. The molecule has 21 heavy (non-hydrogen) atoms. The van der Waals surface area contributed by atoms with Crippen LogP contribution in [0.1, 0.15) is 19.4 Å². The number of benzene rings is 2. The lowest BCUT2D eigenvalue weighted by Crippen LogP contribution is -2.04. The maximum absolute atomic E-state index is 5.68. The van der Waals surface area contributed by atoms with Crippen LogP contribution in [0.25, 0.3) is 0 Å². The highest BCUT2D eigenvalue weighted by Crippen LogP contribution is 2.17. The molecule has 0 unspecified atom stereocenters. The van der Waals surface area contributed by atoms with Crippen LogP contribution >= 0.6 is 0 Å². The molecule has 2 rings (SSSR count). The van der Waals surface area contributed by atoms with Crippen molar-refractivity contribution >= 4 is 5.69 Å². The Morgan fingerprint density at radius 3 is 2.10 bits per heavy atom. The van der Waals surface area contributed by atoms with Crippen LogP contribution in [0.3, 0.4) is 0 Å². The standard InChI is InChI=1S/C18H23NO2/c1-14(2)13-21-18-8-4-15(5-9-18)12-19-16-6-10-17(20-3)11-7-16/h4-11,14,19H,12-13H2,1-3H3. The van der Waals surface area contributed by atoms with Crippen molar-refractivity contribution in [3.05, 3.63) is 54.1 Å². The Bertz CT molecular complexity index is 532. The van der Waals surface area contributed by atoms with E-state index < -0.39 is 0 Å². The first-order chi connectivity index (χ1) is 10.2. The minimum atomic E-state index is 0.543. The Hall–Kier alpha value is -2.16. The minimum Gasteiger partial charge on any atom is -0.497 e. The molecule has 0 amide bonds. The van der Waals surface area contributed by atoms with Gasteiger partial charge in [0.2, 0.25) is 0 Å². The molecular weight excluding hydrogens is 262 g/mol. The second-order valence-electron chi connectivity index (χ2n) is 5.43. The molecule has 0 aliphatic carbocycles. The summed E-state index contributed by atoms with van der Waals surface area (Å²) in [6.07, 6.45) is 0. The lowest BCUT2D eigenvalue weighted by atomic mass is 10.2. The summed E-state index contributed by atoms with van der Waals surface area (Å²) in [6.45, 7) is 5.83. The van der Waals surface area contributed by atoms with Crippen molar-refractivity contribution in [1.29, 1.82) is 0 Å². The first kappa shape index (κ1) is 15.2. The van der Waals surface area contributed by atoms with Crippen LogP contribution in [0.2, 0.25) is 0 Å². The third-order valence-electron chi connectivity index (χ3n) is 3.09. The van der Waals surface area contributed by atoms with Gasteiger partial charge in [-0.3, -0.25) is 0 Å². The topological polar surface area (TPSA) is 30.5 Å². The van der Waals surface area contributed by atoms with Crippen molar-refractivity contribution < 1.29 is 9.47 Å². The molecule has 0 atom stereocenters. The van der Waals surface area contributed by atoms with Gasteiger partial charge in [0, 0.05) is 12.2 Å². The molecule has 0 spiro atoms. The number of rotatable bonds is 7. The van der Waals surface area contributed by atoms with Gasteiger partial charge in [0.15, 0.2) is 0 Å². The molecule has 0 aliphatic heterocycles. The van der Waals surface area contributed by atoms with Gasteiger partial charge in [0.25, 0.3) is 0 Å². The van der Waals surface area contributed by atoms with Crippen LogP contribution in [-0.2, 0) is 6.54 Å². The highest BCUT2D eigenvalue weighted by Gasteiger charge is 1.99. The normalized spacial score (nSPS) is 10.5. The molecule has 0 aromatic heterocycles. The van der Waals surface area contributed by atoms with E-state index in [0.717, 1.165) is 30.3 Å². The summed E-state index contributed by atoms with van der Waals surface area (Å²) in [7, 11) is 1.67. The molecule has 1 N–H and O–H groups in total. The molecule has 0 bridgehead atoms. The molecule has 2 aromatic carbocycles. The summed E-state index contributed by atoms with van der Waals surface area (Å²) in [4.78, 5) is 0. The van der Waals surface area contributed by atoms with E-state index in [1.54, 1.807) is 7.11 Å². The van der Waals surface area contributed by atoms with Crippen molar-refractivity contribution in [2.24, 2.45) is 5.92 Å². The fourth-order valence-electron chi connectivity index (χ4n) is 1.88. The summed E-state index contributed by atoms with van der Waals surface area (Å²) in [5.74, 6) is 2.34. The van der Waals surface area contributed by atoms with Gasteiger partial charge in [0.1, 0.15) is 11.5 Å². The predicted molar refractivity (Wildman–Crippen MR) is 87.1 cm³/mol. The van der Waals surface area contributed by atoms with E-state index in [2.05, 4.69) is 31.3 Å². The van der Waals surface area contributed by atoms with Crippen molar-refractivity contribution in [1.82, 2.24) is 0 Å². The van der Waals surface area contributed by atoms with E-state index in [-0.39, 0.29) is 0 Å². The van der Waals surface area contributed by atoms with Gasteiger partial charge in [-0.2, -0.15) is 0 Å². The van der Waals surface area contributed by atoms with E-state index in [1.807, 2.05) is 36.4 Å². The van der Waals surface area contributed by atoms with E-state index >= 15 is 0 Å². The van der Waals surface area contributed by atoms with Gasteiger partial charge in [-0.25, -0.2) is 0 Å². The van der Waals surface area contributed by atoms with Gasteiger partial charge < -0.3 is 14.8 Å². The number of anilines is 1. The Morgan fingerprint density at radius 1 is 0.905 bits per heavy atom. The van der Waals surface area contributed by atoms with Crippen LogP contribution in [-0.4, -0.2) is 13.7 Å². The van der Waals surface area contributed by atoms with Gasteiger partial charge in [-0.15, -0.1) is 0 Å². The first-order valence-electron chi connectivity index (χ1n) is 7.27. The molecular formula is C18H23NO2. The van der Waals surface area contributed by atoms with E-state index in [0.29, 0.717) is 5.92 Å². The fourth-order valence-corrected chi connectivity index (χ4v) is 1.88. The Balaban J connectivity index is 1.85. The molecule has 0 saturated carbocycles. The average Bonchev–Trinajstić information content (AvgIpc) is 2.52. The summed E-state index contributed by atoms with van der Waals surface area (Å²) in [5, 5.41) is 3.39. The van der Waals surface area contributed by atoms with Gasteiger partial charge in [-0.1, -0.05) is 26.0 Å². The third-order valence-corrected chi connectivity index (χ3v) is 3.09. The van der Waals surface area contributed by atoms with Gasteiger partial charge >= 0.3 is 0 Å². The highest BCUT2D eigenvalue weighted by atomic mass is 16.5. The lowest BCUT2D eigenvalue weighted by molar-refractivity contribution is 0.271. The zero-order valence-corrected chi connectivity index (χ0v) is 12.9.